The van der Waals surface area contributed by atoms with Crippen molar-refractivity contribution < 1.29 is 9.47 Å². The Kier molecular flexibility index (Phi) is 7.29. The van der Waals surface area contributed by atoms with E-state index in [1.165, 1.54) is 25.9 Å². The lowest BCUT2D eigenvalue weighted by molar-refractivity contribution is -0.0591. The summed E-state index contributed by atoms with van der Waals surface area (Å²) < 4.78 is 11.4. The van der Waals surface area contributed by atoms with Crippen LogP contribution in [0.5, 0.6) is 0 Å². The van der Waals surface area contributed by atoms with Gasteiger partial charge in [0.25, 0.3) is 0 Å². The minimum Gasteiger partial charge on any atom is -0.377 e. The van der Waals surface area contributed by atoms with Crippen LogP contribution in [0.3, 0.4) is 0 Å². The summed E-state index contributed by atoms with van der Waals surface area (Å²) in [5.41, 5.74) is 0.142. The Labute approximate surface area is 118 Å². The van der Waals surface area contributed by atoms with Gasteiger partial charge in [-0.3, -0.25) is 4.90 Å². The van der Waals surface area contributed by atoms with Crippen LogP contribution in [0.2, 0.25) is 0 Å². The Hall–Kier alpha value is -0.160. The van der Waals surface area contributed by atoms with Gasteiger partial charge < -0.3 is 14.8 Å². The maximum absolute atomic E-state index is 5.79. The minimum absolute atomic E-state index is 0.142. The molecule has 0 aromatic carbocycles. The molecule has 0 spiro atoms. The molecule has 0 bridgehead atoms. The standard InChI is InChI=1S/C15H32N2O2/c1-13(16-15(3,4)5)12-18-10-11-19-14(2)17-8-6-7-9-17/h13-14,16H,6-12H2,1-5H3. The molecule has 1 aliphatic rings. The Morgan fingerprint density at radius 3 is 2.32 bits per heavy atom. The van der Waals surface area contributed by atoms with E-state index in [4.69, 9.17) is 9.47 Å². The molecule has 1 fully saturated rings. The summed E-state index contributed by atoms with van der Waals surface area (Å²) in [4.78, 5) is 2.39. The molecule has 0 radical (unpaired) electrons. The second kappa shape index (κ2) is 8.20. The third-order valence-corrected chi connectivity index (χ3v) is 3.29. The number of likely N-dealkylation sites (tertiary alicyclic amines) is 1. The molecule has 0 aromatic rings. The van der Waals surface area contributed by atoms with Gasteiger partial charge in [-0.2, -0.15) is 0 Å². The van der Waals surface area contributed by atoms with Gasteiger partial charge in [-0.25, -0.2) is 0 Å². The fourth-order valence-electron chi connectivity index (χ4n) is 2.53. The quantitative estimate of drug-likeness (QED) is 0.687. The van der Waals surface area contributed by atoms with Crippen LogP contribution in [-0.2, 0) is 9.47 Å². The predicted molar refractivity (Wildman–Crippen MR) is 79.4 cm³/mol. The lowest BCUT2D eigenvalue weighted by atomic mass is 10.1. The summed E-state index contributed by atoms with van der Waals surface area (Å²) in [6.45, 7) is 15.2. The predicted octanol–water partition coefficient (Wildman–Crippen LogP) is 2.24. The Balaban J connectivity index is 1.98. The summed E-state index contributed by atoms with van der Waals surface area (Å²) in [5.74, 6) is 0. The summed E-state index contributed by atoms with van der Waals surface area (Å²) in [6.07, 6.45) is 2.84. The summed E-state index contributed by atoms with van der Waals surface area (Å²) >= 11 is 0. The first-order valence-electron chi connectivity index (χ1n) is 7.59. The highest BCUT2D eigenvalue weighted by Gasteiger charge is 2.18. The third-order valence-electron chi connectivity index (χ3n) is 3.29. The molecule has 114 valence electrons. The van der Waals surface area contributed by atoms with E-state index < -0.39 is 0 Å². The summed E-state index contributed by atoms with van der Waals surface area (Å²) in [7, 11) is 0. The van der Waals surface area contributed by atoms with E-state index >= 15 is 0 Å². The number of nitrogens with zero attached hydrogens (tertiary/aromatic N) is 1. The molecule has 4 nitrogen and oxygen atoms in total. The molecule has 0 aromatic heterocycles. The van der Waals surface area contributed by atoms with Crippen LogP contribution in [0.4, 0.5) is 0 Å². The smallest absolute Gasteiger partial charge is 0.107 e. The van der Waals surface area contributed by atoms with E-state index in [0.717, 1.165) is 6.61 Å². The molecule has 1 saturated heterocycles. The van der Waals surface area contributed by atoms with Crippen molar-refractivity contribution in [3.8, 4) is 0 Å². The molecule has 1 heterocycles. The van der Waals surface area contributed by atoms with Gasteiger partial charge in [0, 0.05) is 24.7 Å². The molecule has 2 unspecified atom stereocenters. The monoisotopic (exact) mass is 272 g/mol. The van der Waals surface area contributed by atoms with Crippen molar-refractivity contribution in [3.63, 3.8) is 0 Å². The maximum Gasteiger partial charge on any atom is 0.107 e. The molecule has 1 N–H and O–H groups in total. The van der Waals surface area contributed by atoms with Crippen molar-refractivity contribution >= 4 is 0 Å². The van der Waals surface area contributed by atoms with Gasteiger partial charge in [-0.15, -0.1) is 0 Å². The number of ether oxygens (including phenoxy) is 2. The Bertz CT molecular complexity index is 235. The fourth-order valence-corrected chi connectivity index (χ4v) is 2.53. The van der Waals surface area contributed by atoms with E-state index in [1.54, 1.807) is 0 Å². The van der Waals surface area contributed by atoms with Crippen molar-refractivity contribution in [2.75, 3.05) is 32.9 Å². The second-order valence-electron chi connectivity index (χ2n) is 6.58. The van der Waals surface area contributed by atoms with Crippen LogP contribution < -0.4 is 5.32 Å². The highest BCUT2D eigenvalue weighted by Crippen LogP contribution is 2.11. The minimum atomic E-state index is 0.142. The largest absolute Gasteiger partial charge is 0.377 e. The SMILES string of the molecule is CC(COCCOC(C)N1CCCC1)NC(C)(C)C. The van der Waals surface area contributed by atoms with Gasteiger partial charge in [0.1, 0.15) is 6.23 Å². The fraction of sp³-hybridized carbons (Fsp3) is 1.00. The van der Waals surface area contributed by atoms with E-state index in [2.05, 4.69) is 44.8 Å². The van der Waals surface area contributed by atoms with Crippen molar-refractivity contribution in [2.24, 2.45) is 0 Å². The zero-order valence-electron chi connectivity index (χ0n) is 13.4. The molecule has 0 saturated carbocycles. The van der Waals surface area contributed by atoms with E-state index in [-0.39, 0.29) is 11.8 Å². The van der Waals surface area contributed by atoms with Crippen LogP contribution in [0.15, 0.2) is 0 Å². The van der Waals surface area contributed by atoms with Crippen LogP contribution in [0, 0.1) is 0 Å². The first-order valence-corrected chi connectivity index (χ1v) is 7.59. The van der Waals surface area contributed by atoms with Crippen molar-refractivity contribution in [3.05, 3.63) is 0 Å². The number of rotatable bonds is 8. The van der Waals surface area contributed by atoms with Gasteiger partial charge in [-0.1, -0.05) is 0 Å². The first-order chi connectivity index (χ1) is 8.88. The lowest BCUT2D eigenvalue weighted by Gasteiger charge is -2.26. The molecular formula is C15H32N2O2. The van der Waals surface area contributed by atoms with Gasteiger partial charge in [0.05, 0.1) is 19.8 Å². The highest BCUT2D eigenvalue weighted by atomic mass is 16.5. The molecule has 1 rings (SSSR count). The molecule has 0 aliphatic carbocycles. The summed E-state index contributed by atoms with van der Waals surface area (Å²) in [6, 6.07) is 0.371. The van der Waals surface area contributed by atoms with Crippen LogP contribution in [0.25, 0.3) is 0 Å². The molecule has 4 heteroatoms. The van der Waals surface area contributed by atoms with Gasteiger partial charge in [0.2, 0.25) is 0 Å². The normalized spacial score (nSPS) is 20.7. The van der Waals surface area contributed by atoms with Gasteiger partial charge in [-0.05, 0) is 47.5 Å². The van der Waals surface area contributed by atoms with Crippen molar-refractivity contribution in [1.29, 1.82) is 0 Å². The molecule has 0 amide bonds. The topological polar surface area (TPSA) is 33.7 Å². The molecule has 1 aliphatic heterocycles. The average molecular weight is 272 g/mol. The van der Waals surface area contributed by atoms with Crippen molar-refractivity contribution in [2.45, 2.75) is 65.3 Å². The highest BCUT2D eigenvalue weighted by molar-refractivity contribution is 4.74. The van der Waals surface area contributed by atoms with E-state index in [1.807, 2.05) is 0 Å². The van der Waals surface area contributed by atoms with Crippen molar-refractivity contribution in [1.82, 2.24) is 10.2 Å². The number of hydrogen-bond acceptors (Lipinski definition) is 4. The van der Waals surface area contributed by atoms with Crippen LogP contribution in [0.1, 0.15) is 47.5 Å². The first kappa shape index (κ1) is 16.9. The maximum atomic E-state index is 5.79. The van der Waals surface area contributed by atoms with Crippen LogP contribution in [-0.4, -0.2) is 55.6 Å². The Morgan fingerprint density at radius 2 is 1.74 bits per heavy atom. The lowest BCUT2D eigenvalue weighted by Crippen LogP contribution is -2.44. The Morgan fingerprint density at radius 1 is 1.11 bits per heavy atom. The number of nitrogens with one attached hydrogen (secondary N) is 1. The zero-order chi connectivity index (χ0) is 14.3. The van der Waals surface area contributed by atoms with Gasteiger partial charge in [0.15, 0.2) is 0 Å². The van der Waals surface area contributed by atoms with Crippen LogP contribution >= 0.6 is 0 Å². The summed E-state index contributed by atoms with van der Waals surface area (Å²) in [5, 5.41) is 3.49. The zero-order valence-corrected chi connectivity index (χ0v) is 13.4. The molecule has 2 atom stereocenters. The third kappa shape index (κ3) is 7.88. The van der Waals surface area contributed by atoms with Gasteiger partial charge >= 0.3 is 0 Å². The average Bonchev–Trinajstić information content (AvgIpc) is 2.79. The van der Waals surface area contributed by atoms with E-state index in [9.17, 15) is 0 Å². The second-order valence-corrected chi connectivity index (χ2v) is 6.58. The number of hydrogen-bond donors (Lipinski definition) is 1. The molecular weight excluding hydrogens is 240 g/mol. The molecule has 19 heavy (non-hydrogen) atoms. The van der Waals surface area contributed by atoms with E-state index in [0.29, 0.717) is 19.3 Å².